The molecule has 6 nitrogen and oxygen atoms in total. The van der Waals surface area contributed by atoms with Gasteiger partial charge in [0.15, 0.2) is 17.5 Å². The molecule has 10 heteroatoms. The summed E-state index contributed by atoms with van der Waals surface area (Å²) in [7, 11) is 0. The van der Waals surface area contributed by atoms with Gasteiger partial charge in [0.2, 0.25) is 0 Å². The van der Waals surface area contributed by atoms with Crippen LogP contribution in [0.4, 0.5) is 24.5 Å². The number of nitro benzene ring substituents is 1. The summed E-state index contributed by atoms with van der Waals surface area (Å²) in [5.74, 6) is -3.96. The van der Waals surface area contributed by atoms with Crippen molar-refractivity contribution in [3.63, 3.8) is 0 Å². The lowest BCUT2D eigenvalue weighted by Crippen LogP contribution is -2.54. The van der Waals surface area contributed by atoms with Gasteiger partial charge in [-0.1, -0.05) is 11.6 Å². The molecule has 1 aliphatic rings. The fourth-order valence-electron chi connectivity index (χ4n) is 3.41. The minimum Gasteiger partial charge on any atom is -0.365 e. The van der Waals surface area contributed by atoms with E-state index in [9.17, 15) is 28.1 Å². The highest BCUT2D eigenvalue weighted by atomic mass is 35.5. The van der Waals surface area contributed by atoms with Gasteiger partial charge < -0.3 is 9.80 Å². The van der Waals surface area contributed by atoms with Crippen molar-refractivity contribution in [3.05, 3.63) is 68.0 Å². The molecule has 2 aromatic rings. The number of hydrogen-bond donors (Lipinski definition) is 0. The highest BCUT2D eigenvalue weighted by Gasteiger charge is 2.33. The molecule has 0 N–H and O–H groups in total. The second-order valence-corrected chi connectivity index (χ2v) is 7.24. The highest BCUT2D eigenvalue weighted by molar-refractivity contribution is 6.34. The molecule has 0 unspecified atom stereocenters. The number of non-ortho nitro benzene ring substituents is 1. The van der Waals surface area contributed by atoms with E-state index in [1.165, 1.54) is 24.0 Å². The van der Waals surface area contributed by atoms with Crippen molar-refractivity contribution in [2.45, 2.75) is 19.9 Å². The number of nitro groups is 1. The number of anilines is 1. The first-order valence-corrected chi connectivity index (χ1v) is 9.13. The molecule has 1 heterocycles. The van der Waals surface area contributed by atoms with E-state index in [4.69, 9.17) is 11.6 Å². The van der Waals surface area contributed by atoms with E-state index in [2.05, 4.69) is 0 Å². The Bertz CT molecular complexity index is 976. The number of carbonyl (C=O) groups excluding carboxylic acids is 1. The summed E-state index contributed by atoms with van der Waals surface area (Å²) in [5, 5.41) is 10.6. The van der Waals surface area contributed by atoms with Crippen LogP contribution in [-0.2, 0) is 0 Å². The third-order valence-electron chi connectivity index (χ3n) is 4.92. The van der Waals surface area contributed by atoms with Crippen LogP contribution in [-0.4, -0.2) is 41.4 Å². The lowest BCUT2D eigenvalue weighted by molar-refractivity contribution is -0.385. The third-order valence-corrected chi connectivity index (χ3v) is 5.41. The van der Waals surface area contributed by atoms with Gasteiger partial charge in [-0.05, 0) is 31.5 Å². The molecule has 1 fully saturated rings. The molecule has 154 valence electrons. The number of hydrogen-bond acceptors (Lipinski definition) is 4. The zero-order chi connectivity index (χ0) is 21.5. The van der Waals surface area contributed by atoms with Gasteiger partial charge in [0.1, 0.15) is 0 Å². The van der Waals surface area contributed by atoms with Crippen LogP contribution in [0, 0.1) is 34.5 Å². The summed E-state index contributed by atoms with van der Waals surface area (Å²) >= 11 is 6.05. The van der Waals surface area contributed by atoms with Crippen molar-refractivity contribution in [1.29, 1.82) is 0 Å². The second kappa shape index (κ2) is 7.90. The van der Waals surface area contributed by atoms with Crippen molar-refractivity contribution in [3.8, 4) is 0 Å². The second-order valence-electron chi connectivity index (χ2n) is 6.86. The normalized spacial score (nSPS) is 16.8. The number of nitrogens with zero attached hydrogens (tertiary/aromatic N) is 3. The number of amides is 1. The number of aryl methyl sites for hydroxylation is 1. The van der Waals surface area contributed by atoms with Crippen LogP contribution in [0.3, 0.4) is 0 Å². The molecule has 1 aliphatic heterocycles. The molecular weight excluding hydrogens is 411 g/mol. The average Bonchev–Trinajstić information content (AvgIpc) is 2.66. The van der Waals surface area contributed by atoms with Gasteiger partial charge in [0.05, 0.1) is 27.3 Å². The minimum atomic E-state index is -1.30. The molecule has 0 aliphatic carbocycles. The molecule has 0 spiro atoms. The van der Waals surface area contributed by atoms with E-state index < -0.39 is 39.9 Å². The van der Waals surface area contributed by atoms with E-state index in [0.29, 0.717) is 0 Å². The largest absolute Gasteiger partial charge is 0.365 e. The Kier molecular flexibility index (Phi) is 5.70. The molecule has 0 saturated carbocycles. The Balaban J connectivity index is 1.83. The predicted octanol–water partition coefficient (Wildman–Crippen LogP) is 4.32. The number of benzene rings is 2. The molecule has 29 heavy (non-hydrogen) atoms. The first-order chi connectivity index (χ1) is 13.6. The quantitative estimate of drug-likeness (QED) is 0.415. The first kappa shape index (κ1) is 20.9. The minimum absolute atomic E-state index is 0.113. The SMILES string of the molecule is Cc1cc(F)c(F)c(C(=O)N2CCN(c3ccc([N+](=O)[O-])cc3F)C[C@@H]2C)c1Cl. The zero-order valence-corrected chi connectivity index (χ0v) is 16.3. The monoisotopic (exact) mass is 427 g/mol. The maximum atomic E-state index is 14.3. The lowest BCUT2D eigenvalue weighted by Gasteiger charge is -2.41. The van der Waals surface area contributed by atoms with E-state index in [1.807, 2.05) is 0 Å². The molecule has 0 aromatic heterocycles. The van der Waals surface area contributed by atoms with E-state index in [0.717, 1.165) is 12.1 Å². The van der Waals surface area contributed by atoms with Gasteiger partial charge >= 0.3 is 0 Å². The molecule has 0 radical (unpaired) electrons. The maximum absolute atomic E-state index is 14.3. The molecule has 3 rings (SSSR count). The summed E-state index contributed by atoms with van der Waals surface area (Å²) in [6.07, 6.45) is 0. The van der Waals surface area contributed by atoms with E-state index in [-0.39, 0.29) is 41.6 Å². The fourth-order valence-corrected chi connectivity index (χ4v) is 3.62. The van der Waals surface area contributed by atoms with Gasteiger partial charge in [0, 0.05) is 31.7 Å². The summed E-state index contributed by atoms with van der Waals surface area (Å²) in [5.41, 5.74) is -0.473. The smallest absolute Gasteiger partial charge is 0.272 e. The third kappa shape index (κ3) is 3.87. The van der Waals surface area contributed by atoms with Crippen LogP contribution in [0.25, 0.3) is 0 Å². The van der Waals surface area contributed by atoms with Crippen LogP contribution < -0.4 is 4.90 Å². The van der Waals surface area contributed by atoms with Crippen molar-refractivity contribution >= 4 is 28.9 Å². The Morgan fingerprint density at radius 1 is 1.21 bits per heavy atom. The Labute approximate surface area is 169 Å². The molecular formula is C19H17ClF3N3O3. The van der Waals surface area contributed by atoms with Crippen LogP contribution in [0.5, 0.6) is 0 Å². The van der Waals surface area contributed by atoms with E-state index >= 15 is 0 Å². The van der Waals surface area contributed by atoms with Crippen LogP contribution in [0.15, 0.2) is 24.3 Å². The van der Waals surface area contributed by atoms with Gasteiger partial charge in [-0.2, -0.15) is 0 Å². The van der Waals surface area contributed by atoms with Crippen molar-refractivity contribution in [1.82, 2.24) is 4.90 Å². The van der Waals surface area contributed by atoms with Crippen LogP contribution in [0.2, 0.25) is 5.02 Å². The Morgan fingerprint density at radius 3 is 2.48 bits per heavy atom. The highest BCUT2D eigenvalue weighted by Crippen LogP contribution is 2.30. The molecule has 1 saturated heterocycles. The van der Waals surface area contributed by atoms with Crippen molar-refractivity contribution < 1.29 is 22.9 Å². The number of halogens is 4. The maximum Gasteiger partial charge on any atom is 0.272 e. The van der Waals surface area contributed by atoms with E-state index in [1.54, 1.807) is 11.8 Å². The van der Waals surface area contributed by atoms with Crippen LogP contribution >= 0.6 is 11.6 Å². The predicted molar refractivity (Wildman–Crippen MR) is 102 cm³/mol. The van der Waals surface area contributed by atoms with Gasteiger partial charge in [-0.3, -0.25) is 14.9 Å². The number of carbonyl (C=O) groups is 1. The van der Waals surface area contributed by atoms with Crippen molar-refractivity contribution in [2.24, 2.45) is 0 Å². The molecule has 1 atom stereocenters. The molecule has 1 amide bonds. The summed E-state index contributed by atoms with van der Waals surface area (Å²) in [4.78, 5) is 25.9. The first-order valence-electron chi connectivity index (χ1n) is 8.75. The molecule has 2 aromatic carbocycles. The van der Waals surface area contributed by atoms with Crippen LogP contribution in [0.1, 0.15) is 22.8 Å². The topological polar surface area (TPSA) is 66.7 Å². The zero-order valence-electron chi connectivity index (χ0n) is 15.6. The lowest BCUT2D eigenvalue weighted by atomic mass is 10.1. The number of piperazine rings is 1. The Hall–Kier alpha value is -2.81. The standard InChI is InChI=1S/C19H17ClF3N3O3/c1-10-7-14(22)18(23)16(17(10)20)19(27)25-6-5-24(9-11(25)2)15-4-3-12(26(28)29)8-13(15)21/h3-4,7-8,11H,5-6,9H2,1-2H3/t11-/m0/s1. The Morgan fingerprint density at radius 2 is 1.90 bits per heavy atom. The van der Waals surface area contributed by atoms with Gasteiger partial charge in [-0.15, -0.1) is 0 Å². The summed E-state index contributed by atoms with van der Waals surface area (Å²) < 4.78 is 42.3. The van der Waals surface area contributed by atoms with Crippen molar-refractivity contribution in [2.75, 3.05) is 24.5 Å². The number of rotatable bonds is 3. The summed E-state index contributed by atoms with van der Waals surface area (Å²) in [6.45, 7) is 3.68. The van der Waals surface area contributed by atoms with Gasteiger partial charge in [0.25, 0.3) is 11.6 Å². The van der Waals surface area contributed by atoms with Gasteiger partial charge in [-0.25, -0.2) is 13.2 Å². The average molecular weight is 428 g/mol. The fraction of sp³-hybridized carbons (Fsp3) is 0.316. The molecule has 0 bridgehead atoms. The summed E-state index contributed by atoms with van der Waals surface area (Å²) in [6, 6.07) is 3.80.